The fourth-order valence-corrected chi connectivity index (χ4v) is 5.20. The molecule has 248 valence electrons. The largest absolute Gasteiger partial charge is 0.439 e. The first-order valence-corrected chi connectivity index (χ1v) is 14.8. The fraction of sp³-hybridized carbons (Fsp3) is 0.531. The second kappa shape index (κ2) is 17.4. The number of rotatable bonds is 7. The van der Waals surface area contributed by atoms with Crippen LogP contribution in [0.5, 0.6) is 0 Å². The molecule has 6 atom stereocenters. The number of carbonyl (C=O) groups is 5. The van der Waals surface area contributed by atoms with Crippen LogP contribution in [0, 0.1) is 11.8 Å². The Bertz CT molecular complexity index is 1300. The normalized spacial score (nSPS) is 30.2. The van der Waals surface area contributed by atoms with Gasteiger partial charge in [-0.1, -0.05) is 38.2 Å². The van der Waals surface area contributed by atoms with Gasteiger partial charge in [-0.05, 0) is 38.2 Å². The highest BCUT2D eigenvalue weighted by Gasteiger charge is 2.33. The molecule has 6 N–H and O–H groups in total. The second-order valence-electron chi connectivity index (χ2n) is 11.3. The number of aliphatic hydroxyl groups excluding tert-OH is 1. The minimum Gasteiger partial charge on any atom is -0.439 e. The number of ketones is 2. The molecular weight excluding hydrogens is 584 g/mol. The minimum absolute atomic E-state index is 0.0869. The molecule has 0 spiro atoms. The van der Waals surface area contributed by atoms with E-state index in [4.69, 9.17) is 19.9 Å². The van der Waals surface area contributed by atoms with E-state index in [1.165, 1.54) is 40.2 Å². The topological polar surface area (TPSA) is 195 Å². The molecule has 2 aliphatic rings. The number of nitrogens with two attached hydrogens (primary N) is 1. The van der Waals surface area contributed by atoms with E-state index in [-0.39, 0.29) is 53.9 Å². The van der Waals surface area contributed by atoms with Crippen molar-refractivity contribution in [3.05, 3.63) is 58.5 Å². The van der Waals surface area contributed by atoms with Gasteiger partial charge < -0.3 is 41.0 Å². The number of ether oxygens (including phenoxy) is 3. The van der Waals surface area contributed by atoms with Gasteiger partial charge in [0.15, 0.2) is 6.10 Å². The lowest BCUT2D eigenvalue weighted by atomic mass is 9.85. The number of fused-ring (bicyclic) bond motifs is 2. The Labute approximate surface area is 264 Å². The number of Topliss-reactive ketones (excluding diaryl/α,β-unsaturated/α-hetero) is 1. The highest BCUT2D eigenvalue weighted by Crippen LogP contribution is 2.28. The zero-order chi connectivity index (χ0) is 33.8. The summed E-state index contributed by atoms with van der Waals surface area (Å²) in [7, 11) is 2.89. The van der Waals surface area contributed by atoms with Crippen LogP contribution in [-0.4, -0.2) is 86.3 Å². The van der Waals surface area contributed by atoms with E-state index in [2.05, 4.69) is 16.0 Å². The number of primary amides is 1. The molecule has 0 radical (unpaired) electrons. The molecule has 0 aromatic carbocycles. The molecule has 2 bridgehead atoms. The molecule has 1 heterocycles. The maximum atomic E-state index is 13.7. The van der Waals surface area contributed by atoms with Crippen molar-refractivity contribution in [3.8, 4) is 0 Å². The Hall–Kier alpha value is -4.07. The third-order valence-electron chi connectivity index (χ3n) is 7.59. The monoisotopic (exact) mass is 630 g/mol. The Balaban J connectivity index is 2.58. The van der Waals surface area contributed by atoms with Gasteiger partial charge in [-0.3, -0.25) is 19.2 Å². The maximum absolute atomic E-state index is 13.7. The van der Waals surface area contributed by atoms with E-state index in [0.717, 1.165) is 6.08 Å². The van der Waals surface area contributed by atoms with Crippen molar-refractivity contribution in [2.45, 2.75) is 71.9 Å². The number of nitrogens with one attached hydrogen (secondary N) is 3. The number of aliphatic hydroxyl groups is 1. The Morgan fingerprint density at radius 2 is 1.80 bits per heavy atom. The van der Waals surface area contributed by atoms with Crippen LogP contribution in [0.2, 0.25) is 0 Å². The van der Waals surface area contributed by atoms with Crippen LogP contribution in [0.15, 0.2) is 58.5 Å². The highest BCUT2D eigenvalue weighted by molar-refractivity contribution is 6.23. The van der Waals surface area contributed by atoms with E-state index in [1.54, 1.807) is 26.0 Å². The number of methoxy groups -OCH3 is 2. The van der Waals surface area contributed by atoms with Gasteiger partial charge in [0.1, 0.15) is 6.10 Å². The van der Waals surface area contributed by atoms with E-state index < -0.39 is 53.9 Å². The molecule has 13 nitrogen and oxygen atoms in total. The second-order valence-corrected chi connectivity index (χ2v) is 11.3. The molecule has 0 aromatic rings. The lowest BCUT2D eigenvalue weighted by Crippen LogP contribution is -2.39. The number of carbonyl (C=O) groups excluding carboxylic acids is 5. The van der Waals surface area contributed by atoms with Crippen molar-refractivity contribution in [1.29, 1.82) is 0 Å². The molecule has 0 unspecified atom stereocenters. The van der Waals surface area contributed by atoms with Crippen LogP contribution >= 0.6 is 0 Å². The number of amides is 3. The van der Waals surface area contributed by atoms with E-state index in [1.807, 2.05) is 6.92 Å². The minimum atomic E-state index is -1.01. The summed E-state index contributed by atoms with van der Waals surface area (Å²) in [5.41, 5.74) is 6.23. The molecule has 13 heteroatoms. The Kier molecular flexibility index (Phi) is 14.4. The number of hydrogen-bond donors (Lipinski definition) is 5. The summed E-state index contributed by atoms with van der Waals surface area (Å²) in [5.74, 6) is -2.58. The van der Waals surface area contributed by atoms with Crippen molar-refractivity contribution in [3.63, 3.8) is 0 Å². The van der Waals surface area contributed by atoms with Gasteiger partial charge in [0.2, 0.25) is 17.5 Å². The number of allylic oxidation sites excluding steroid dienone is 4. The van der Waals surface area contributed by atoms with Crippen molar-refractivity contribution in [1.82, 2.24) is 16.0 Å². The summed E-state index contributed by atoms with van der Waals surface area (Å²) in [4.78, 5) is 63.0. The predicted molar refractivity (Wildman–Crippen MR) is 166 cm³/mol. The van der Waals surface area contributed by atoms with E-state index >= 15 is 0 Å². The molecule has 2 rings (SSSR count). The van der Waals surface area contributed by atoms with E-state index in [0.29, 0.717) is 12.0 Å². The lowest BCUT2D eigenvalue weighted by Gasteiger charge is -2.30. The van der Waals surface area contributed by atoms with Crippen LogP contribution in [-0.2, 0) is 33.4 Å². The summed E-state index contributed by atoms with van der Waals surface area (Å²) in [5, 5.41) is 19.4. The first-order chi connectivity index (χ1) is 21.2. The molecule has 0 aromatic heterocycles. The summed E-state index contributed by atoms with van der Waals surface area (Å²) in [6.45, 7) is 8.70. The van der Waals surface area contributed by atoms with Crippen molar-refractivity contribution in [2.24, 2.45) is 17.6 Å². The summed E-state index contributed by atoms with van der Waals surface area (Å²) >= 11 is 0. The first-order valence-electron chi connectivity index (χ1n) is 14.8. The van der Waals surface area contributed by atoms with Crippen LogP contribution in [0.1, 0.15) is 47.5 Å². The van der Waals surface area contributed by atoms with Crippen LogP contribution < -0.4 is 21.7 Å². The van der Waals surface area contributed by atoms with Crippen LogP contribution in [0.3, 0.4) is 0 Å². The van der Waals surface area contributed by atoms with Crippen LogP contribution in [0.4, 0.5) is 4.79 Å². The fourth-order valence-electron chi connectivity index (χ4n) is 5.20. The smallest absolute Gasteiger partial charge is 0.405 e. The standard InChI is InChI=1S/C32H46N4O9/c1-17-13-22-27(35-12-11-34-21(5)37)24(38)16-23(29(22)40)36-31(41)18(2)9-8-10-25(43-6)30(45-32(33)42)20(4)15-19(3)28(39)26(14-17)44-7/h8-10,15-17,19,25-26,28,30,35,39H,11-14H2,1-7H3,(H2,33,42)(H,34,37)(H,36,41)/b10-8+,18-9-,20-15+/t17-,19+,25+,26+,28-,30+/m1/s1. The Morgan fingerprint density at radius 1 is 1.11 bits per heavy atom. The van der Waals surface area contributed by atoms with Gasteiger partial charge in [0.05, 0.1) is 23.6 Å². The molecule has 1 aliphatic heterocycles. The van der Waals surface area contributed by atoms with Gasteiger partial charge in [-0.2, -0.15) is 0 Å². The van der Waals surface area contributed by atoms with Crippen molar-refractivity contribution < 1.29 is 43.3 Å². The molecule has 3 amide bonds. The molecule has 0 saturated carbocycles. The average Bonchev–Trinajstić information content (AvgIpc) is 2.97. The van der Waals surface area contributed by atoms with Gasteiger partial charge in [0, 0.05) is 57.4 Å². The van der Waals surface area contributed by atoms with Gasteiger partial charge in [-0.25, -0.2) is 4.79 Å². The number of hydrogen-bond acceptors (Lipinski definition) is 10. The average molecular weight is 631 g/mol. The summed E-state index contributed by atoms with van der Waals surface area (Å²) in [6, 6.07) is 0. The quantitative estimate of drug-likeness (QED) is 0.156. The van der Waals surface area contributed by atoms with Gasteiger partial charge in [0.25, 0.3) is 5.91 Å². The zero-order valence-electron chi connectivity index (χ0n) is 27.0. The van der Waals surface area contributed by atoms with Crippen LogP contribution in [0.25, 0.3) is 0 Å². The summed E-state index contributed by atoms with van der Waals surface area (Å²) in [6.07, 6.45) is 3.47. The first kappa shape index (κ1) is 37.1. The van der Waals surface area contributed by atoms with Crippen molar-refractivity contribution in [2.75, 3.05) is 27.3 Å². The lowest BCUT2D eigenvalue weighted by molar-refractivity contribution is -0.120. The third-order valence-corrected chi connectivity index (χ3v) is 7.59. The predicted octanol–water partition coefficient (Wildman–Crippen LogP) is 1.49. The molecule has 0 fully saturated rings. The zero-order valence-corrected chi connectivity index (χ0v) is 27.0. The summed E-state index contributed by atoms with van der Waals surface area (Å²) < 4.78 is 16.6. The Morgan fingerprint density at radius 3 is 2.40 bits per heavy atom. The molecule has 1 aliphatic carbocycles. The van der Waals surface area contributed by atoms with Gasteiger partial charge in [-0.15, -0.1) is 0 Å². The molecular formula is C32H46N4O9. The maximum Gasteiger partial charge on any atom is 0.405 e. The molecule has 0 saturated heterocycles. The van der Waals surface area contributed by atoms with Crippen molar-refractivity contribution >= 4 is 29.5 Å². The van der Waals surface area contributed by atoms with E-state index in [9.17, 15) is 29.1 Å². The SMILES string of the molecule is CO[C@H]1/C=C/C=C(/C)C(=O)NC2=CC(=O)C(NCCNC(C)=O)=C(C[C@@H](C)C[C@H](OC)[C@H](O)[C@@H](C)/C=C(\C)[C@@H]1OC(N)=O)C2=O. The highest BCUT2D eigenvalue weighted by atomic mass is 16.6. The van der Waals surface area contributed by atoms with Gasteiger partial charge >= 0.3 is 6.09 Å². The molecule has 45 heavy (non-hydrogen) atoms. The third kappa shape index (κ3) is 10.8.